The summed E-state index contributed by atoms with van der Waals surface area (Å²) in [4.78, 5) is 25.2. The van der Waals surface area contributed by atoms with Crippen LogP contribution in [0, 0.1) is 17.0 Å². The molecule has 0 radical (unpaired) electrons. The van der Waals surface area contributed by atoms with E-state index in [0.29, 0.717) is 11.3 Å². The predicted molar refractivity (Wildman–Crippen MR) is 77.3 cm³/mol. The van der Waals surface area contributed by atoms with Gasteiger partial charge in [0.05, 0.1) is 27.3 Å². The molecule has 0 aliphatic carbocycles. The van der Waals surface area contributed by atoms with E-state index in [-0.39, 0.29) is 22.1 Å². The zero-order valence-electron chi connectivity index (χ0n) is 10.8. The number of nitrogens with one attached hydrogen (secondary N) is 1. The van der Waals surface area contributed by atoms with Crippen LogP contribution in [0.1, 0.15) is 15.9 Å². The van der Waals surface area contributed by atoms with Crippen molar-refractivity contribution in [2.24, 2.45) is 0 Å². The van der Waals surface area contributed by atoms with Crippen LogP contribution in [0.5, 0.6) is 0 Å². The van der Waals surface area contributed by atoms with Crippen molar-refractivity contribution in [2.45, 2.75) is 6.92 Å². The van der Waals surface area contributed by atoms with E-state index in [9.17, 15) is 14.9 Å². The molecule has 2 N–H and O–H groups in total. The minimum atomic E-state index is -1.09. The van der Waals surface area contributed by atoms with E-state index < -0.39 is 10.9 Å². The third kappa shape index (κ3) is 3.26. The number of carboxylic acid groups (broad SMARTS) is 1. The van der Waals surface area contributed by atoms with Crippen LogP contribution < -0.4 is 5.32 Å². The summed E-state index contributed by atoms with van der Waals surface area (Å²) in [5.74, 6) is -0.843. The van der Waals surface area contributed by atoms with Crippen molar-refractivity contribution in [1.82, 2.24) is 4.98 Å². The van der Waals surface area contributed by atoms with Crippen LogP contribution in [-0.2, 0) is 0 Å². The lowest BCUT2D eigenvalue weighted by Gasteiger charge is -2.08. The number of nitro groups is 1. The average Bonchev–Trinajstić information content (AvgIpc) is 2.42. The Balaban J connectivity index is 2.32. The van der Waals surface area contributed by atoms with Gasteiger partial charge in [0.25, 0.3) is 5.69 Å². The molecule has 2 aromatic rings. The number of aryl methyl sites for hydroxylation is 1. The molecule has 0 unspecified atom stereocenters. The van der Waals surface area contributed by atoms with Crippen molar-refractivity contribution in [3.05, 3.63) is 56.7 Å². The Morgan fingerprint density at radius 2 is 2.14 bits per heavy atom. The normalized spacial score (nSPS) is 10.2. The van der Waals surface area contributed by atoms with Gasteiger partial charge in [-0.05, 0) is 25.1 Å². The molecular weight excluding hydrogens is 298 g/mol. The summed E-state index contributed by atoms with van der Waals surface area (Å²) < 4.78 is 0. The van der Waals surface area contributed by atoms with Crippen molar-refractivity contribution in [1.29, 1.82) is 0 Å². The van der Waals surface area contributed by atoms with Crippen molar-refractivity contribution < 1.29 is 14.8 Å². The Labute approximate surface area is 124 Å². The molecule has 21 heavy (non-hydrogen) atoms. The number of anilines is 2. The van der Waals surface area contributed by atoms with Crippen LogP contribution >= 0.6 is 11.6 Å². The van der Waals surface area contributed by atoms with Crippen molar-refractivity contribution in [3.8, 4) is 0 Å². The monoisotopic (exact) mass is 307 g/mol. The molecule has 1 aromatic carbocycles. The molecule has 1 aromatic heterocycles. The lowest BCUT2D eigenvalue weighted by atomic mass is 10.2. The van der Waals surface area contributed by atoms with Crippen LogP contribution in [0.4, 0.5) is 17.2 Å². The molecule has 0 aliphatic rings. The Kier molecular flexibility index (Phi) is 4.04. The first-order chi connectivity index (χ1) is 9.88. The van der Waals surface area contributed by atoms with E-state index >= 15 is 0 Å². The molecule has 0 aliphatic heterocycles. The first-order valence-corrected chi connectivity index (χ1v) is 6.17. The standard InChI is InChI=1S/C13H10ClN3O4/c1-7-6-15-12(5-11(7)17(20)21)16-10-3-2-8(13(18)19)4-9(10)14/h2-6H,1H3,(H,15,16)(H,18,19). The Hall–Kier alpha value is -2.67. The molecule has 0 spiro atoms. The molecule has 0 saturated heterocycles. The van der Waals surface area contributed by atoms with Crippen molar-refractivity contribution >= 4 is 34.8 Å². The van der Waals surface area contributed by atoms with Crippen LogP contribution in [0.15, 0.2) is 30.5 Å². The summed E-state index contributed by atoms with van der Waals surface area (Å²) in [5, 5.41) is 22.7. The maximum Gasteiger partial charge on any atom is 0.335 e. The number of pyridine rings is 1. The fourth-order valence-electron chi connectivity index (χ4n) is 1.67. The van der Waals surface area contributed by atoms with E-state index in [0.717, 1.165) is 0 Å². The summed E-state index contributed by atoms with van der Waals surface area (Å²) in [6.45, 7) is 1.59. The number of carboxylic acids is 1. The maximum atomic E-state index is 10.9. The fourth-order valence-corrected chi connectivity index (χ4v) is 1.89. The molecule has 0 bridgehead atoms. The zero-order valence-corrected chi connectivity index (χ0v) is 11.6. The van der Waals surface area contributed by atoms with Gasteiger partial charge >= 0.3 is 5.97 Å². The SMILES string of the molecule is Cc1cnc(Nc2ccc(C(=O)O)cc2Cl)cc1[N+](=O)[O-]. The number of halogens is 1. The maximum absolute atomic E-state index is 10.9. The highest BCUT2D eigenvalue weighted by Crippen LogP contribution is 2.28. The number of nitrogens with zero attached hydrogens (tertiary/aromatic N) is 2. The van der Waals surface area contributed by atoms with Crippen LogP contribution in [-0.4, -0.2) is 21.0 Å². The van der Waals surface area contributed by atoms with Gasteiger partial charge in [-0.15, -0.1) is 0 Å². The molecule has 0 amide bonds. The molecule has 0 atom stereocenters. The van der Waals surface area contributed by atoms with Gasteiger partial charge in [0, 0.05) is 11.8 Å². The quantitative estimate of drug-likeness (QED) is 0.662. The first-order valence-electron chi connectivity index (χ1n) is 5.79. The highest BCUT2D eigenvalue weighted by Gasteiger charge is 2.13. The second kappa shape index (κ2) is 5.76. The summed E-state index contributed by atoms with van der Waals surface area (Å²) >= 11 is 5.97. The first kappa shape index (κ1) is 14.7. The van der Waals surface area contributed by atoms with E-state index in [1.165, 1.54) is 30.5 Å². The molecule has 0 fully saturated rings. The zero-order chi connectivity index (χ0) is 15.6. The summed E-state index contributed by atoms with van der Waals surface area (Å²) in [5.41, 5.74) is 0.837. The van der Waals surface area contributed by atoms with Crippen molar-refractivity contribution in [2.75, 3.05) is 5.32 Å². The van der Waals surface area contributed by atoms with Crippen LogP contribution in [0.25, 0.3) is 0 Å². The van der Waals surface area contributed by atoms with Gasteiger partial charge in [-0.25, -0.2) is 9.78 Å². The lowest BCUT2D eigenvalue weighted by molar-refractivity contribution is -0.385. The van der Waals surface area contributed by atoms with Crippen molar-refractivity contribution in [3.63, 3.8) is 0 Å². The van der Waals surface area contributed by atoms with Crippen LogP contribution in [0.2, 0.25) is 5.02 Å². The van der Waals surface area contributed by atoms with E-state index in [1.807, 2.05) is 0 Å². The molecule has 7 nitrogen and oxygen atoms in total. The predicted octanol–water partition coefficient (Wildman–Crippen LogP) is 3.39. The molecule has 108 valence electrons. The Morgan fingerprint density at radius 3 is 2.71 bits per heavy atom. The number of hydrogen-bond donors (Lipinski definition) is 2. The van der Waals surface area contributed by atoms with Gasteiger partial charge in [0.15, 0.2) is 0 Å². The molecule has 2 rings (SSSR count). The lowest BCUT2D eigenvalue weighted by Crippen LogP contribution is -2.00. The van der Waals surface area contributed by atoms with Gasteiger partial charge in [-0.3, -0.25) is 10.1 Å². The van der Waals surface area contributed by atoms with Gasteiger partial charge in [-0.1, -0.05) is 11.6 Å². The molecule has 8 heteroatoms. The summed E-state index contributed by atoms with van der Waals surface area (Å²) in [7, 11) is 0. The second-order valence-corrected chi connectivity index (χ2v) is 4.65. The smallest absolute Gasteiger partial charge is 0.335 e. The molecule has 1 heterocycles. The number of hydrogen-bond acceptors (Lipinski definition) is 5. The van der Waals surface area contributed by atoms with Gasteiger partial charge in [0.1, 0.15) is 5.82 Å². The number of rotatable bonds is 4. The number of aromatic carboxylic acids is 1. The highest BCUT2D eigenvalue weighted by molar-refractivity contribution is 6.33. The number of benzene rings is 1. The molecule has 0 saturated carbocycles. The largest absolute Gasteiger partial charge is 0.478 e. The fraction of sp³-hybridized carbons (Fsp3) is 0.0769. The minimum absolute atomic E-state index is 0.0494. The van der Waals surface area contributed by atoms with E-state index in [4.69, 9.17) is 16.7 Å². The van der Waals surface area contributed by atoms with Gasteiger partial charge < -0.3 is 10.4 Å². The topological polar surface area (TPSA) is 105 Å². The second-order valence-electron chi connectivity index (χ2n) is 4.24. The third-order valence-electron chi connectivity index (χ3n) is 2.75. The molecular formula is C13H10ClN3O4. The summed E-state index contributed by atoms with van der Waals surface area (Å²) in [6.07, 6.45) is 1.37. The third-order valence-corrected chi connectivity index (χ3v) is 3.06. The average molecular weight is 308 g/mol. The van der Waals surface area contributed by atoms with Gasteiger partial charge in [0.2, 0.25) is 0 Å². The van der Waals surface area contributed by atoms with Gasteiger partial charge in [-0.2, -0.15) is 0 Å². The van der Waals surface area contributed by atoms with E-state index in [2.05, 4.69) is 10.3 Å². The minimum Gasteiger partial charge on any atom is -0.478 e. The Morgan fingerprint density at radius 1 is 1.43 bits per heavy atom. The highest BCUT2D eigenvalue weighted by atomic mass is 35.5. The van der Waals surface area contributed by atoms with E-state index in [1.54, 1.807) is 6.92 Å². The van der Waals surface area contributed by atoms with Crippen LogP contribution in [0.3, 0.4) is 0 Å². The summed E-state index contributed by atoms with van der Waals surface area (Å²) in [6, 6.07) is 5.42. The number of aromatic nitrogens is 1. The Bertz CT molecular complexity index is 733. The number of carbonyl (C=O) groups is 1.